The van der Waals surface area contributed by atoms with E-state index >= 15 is 0 Å². The number of aromatic nitrogens is 1. The molecule has 0 saturated carbocycles. The molecule has 0 saturated heterocycles. The van der Waals surface area contributed by atoms with Gasteiger partial charge in [-0.2, -0.15) is 0 Å². The molecule has 1 rings (SSSR count). The minimum atomic E-state index is 0.781. The summed E-state index contributed by atoms with van der Waals surface area (Å²) in [5, 5.41) is 0. The summed E-state index contributed by atoms with van der Waals surface area (Å²) in [6.07, 6.45) is 5.10. The van der Waals surface area contributed by atoms with E-state index in [1.807, 2.05) is 38.1 Å². The Morgan fingerprint density at radius 3 is 2.50 bits per heavy atom. The molecule has 0 atom stereocenters. The lowest BCUT2D eigenvalue weighted by atomic mass is 10.2. The quantitative estimate of drug-likeness (QED) is 0.573. The molecule has 0 amide bonds. The third kappa shape index (κ3) is 3.31. The van der Waals surface area contributed by atoms with Crippen LogP contribution in [0.15, 0.2) is 40.7 Å². The molecule has 0 spiro atoms. The summed E-state index contributed by atoms with van der Waals surface area (Å²) >= 11 is 0. The van der Waals surface area contributed by atoms with Gasteiger partial charge in [-0.15, -0.1) is 0 Å². The van der Waals surface area contributed by atoms with Crippen molar-refractivity contribution >= 4 is 18.3 Å². The molecular formula is C12H16N4. The lowest BCUT2D eigenvalue weighted by Crippen LogP contribution is -2.18. The van der Waals surface area contributed by atoms with E-state index in [1.54, 1.807) is 18.6 Å². The summed E-state index contributed by atoms with van der Waals surface area (Å²) in [5.41, 5.74) is 1.76. The summed E-state index contributed by atoms with van der Waals surface area (Å²) in [6, 6.07) is 3.78. The van der Waals surface area contributed by atoms with Crippen molar-refractivity contribution in [2.75, 3.05) is 14.1 Å². The van der Waals surface area contributed by atoms with E-state index in [0.29, 0.717) is 0 Å². The van der Waals surface area contributed by atoms with Crippen molar-refractivity contribution < 1.29 is 0 Å². The van der Waals surface area contributed by atoms with Gasteiger partial charge in [0.25, 0.3) is 0 Å². The molecule has 0 fully saturated rings. The van der Waals surface area contributed by atoms with Crippen molar-refractivity contribution in [3.05, 3.63) is 36.3 Å². The molecular weight excluding hydrogens is 200 g/mol. The zero-order valence-electron chi connectivity index (χ0n) is 9.88. The molecule has 0 bridgehead atoms. The zero-order valence-corrected chi connectivity index (χ0v) is 9.88. The van der Waals surface area contributed by atoms with Crippen LogP contribution in [-0.4, -0.2) is 36.5 Å². The van der Waals surface area contributed by atoms with Gasteiger partial charge in [-0.3, -0.25) is 9.98 Å². The van der Waals surface area contributed by atoms with Gasteiger partial charge in [-0.25, -0.2) is 4.99 Å². The van der Waals surface area contributed by atoms with Crippen molar-refractivity contribution in [3.8, 4) is 0 Å². The predicted molar refractivity (Wildman–Crippen MR) is 68.6 cm³/mol. The molecule has 1 aromatic rings. The van der Waals surface area contributed by atoms with Gasteiger partial charge < -0.3 is 4.90 Å². The maximum Gasteiger partial charge on any atom is 0.101 e. The van der Waals surface area contributed by atoms with Gasteiger partial charge in [-0.1, -0.05) is 0 Å². The molecule has 4 nitrogen and oxygen atoms in total. The highest BCUT2D eigenvalue weighted by Gasteiger charge is 2.01. The van der Waals surface area contributed by atoms with Gasteiger partial charge >= 0.3 is 0 Å². The van der Waals surface area contributed by atoms with Crippen molar-refractivity contribution in [1.82, 2.24) is 9.88 Å². The Morgan fingerprint density at radius 1 is 1.38 bits per heavy atom. The summed E-state index contributed by atoms with van der Waals surface area (Å²) in [7, 11) is 3.90. The standard InChI is InChI=1S/C12H16N4/c1-10(16(3)4)15-12(9-13-2)11-5-7-14-8-6-11/h5-9H,2H2,1,3-4H3/b12-9-,15-10+. The lowest BCUT2D eigenvalue weighted by molar-refractivity contribution is 0.619. The average Bonchev–Trinajstić information content (AvgIpc) is 2.29. The van der Waals surface area contributed by atoms with E-state index in [9.17, 15) is 0 Å². The highest BCUT2D eigenvalue weighted by atomic mass is 15.1. The van der Waals surface area contributed by atoms with Gasteiger partial charge in [0.05, 0.1) is 11.9 Å². The van der Waals surface area contributed by atoms with E-state index in [0.717, 1.165) is 17.1 Å². The van der Waals surface area contributed by atoms with Gasteiger partial charge in [0.2, 0.25) is 0 Å². The molecule has 0 aliphatic carbocycles. The van der Waals surface area contributed by atoms with Crippen LogP contribution in [-0.2, 0) is 0 Å². The maximum atomic E-state index is 4.48. The number of aliphatic imine (C=N–C) groups is 2. The molecule has 0 N–H and O–H groups in total. The second-order valence-electron chi connectivity index (χ2n) is 3.49. The van der Waals surface area contributed by atoms with Crippen LogP contribution < -0.4 is 0 Å². The van der Waals surface area contributed by atoms with Crippen LogP contribution >= 0.6 is 0 Å². The van der Waals surface area contributed by atoms with Crippen LogP contribution in [0, 0.1) is 0 Å². The lowest BCUT2D eigenvalue weighted by Gasteiger charge is -2.12. The Kier molecular flexibility index (Phi) is 4.39. The minimum absolute atomic E-state index is 0.781. The first kappa shape index (κ1) is 12.1. The normalized spacial score (nSPS) is 12.4. The summed E-state index contributed by atoms with van der Waals surface area (Å²) in [6.45, 7) is 5.40. The Labute approximate surface area is 96.1 Å². The van der Waals surface area contributed by atoms with Gasteiger partial charge in [0.15, 0.2) is 0 Å². The second kappa shape index (κ2) is 5.80. The maximum absolute atomic E-state index is 4.48. The van der Waals surface area contributed by atoms with Crippen LogP contribution in [0.2, 0.25) is 0 Å². The second-order valence-corrected chi connectivity index (χ2v) is 3.49. The van der Waals surface area contributed by atoms with Gasteiger partial charge in [0, 0.05) is 32.1 Å². The van der Waals surface area contributed by atoms with Gasteiger partial charge in [-0.05, 0) is 25.8 Å². The van der Waals surface area contributed by atoms with Crippen LogP contribution in [0.3, 0.4) is 0 Å². The smallest absolute Gasteiger partial charge is 0.101 e. The summed E-state index contributed by atoms with van der Waals surface area (Å²) in [5.74, 6) is 0.909. The number of rotatable bonds is 3. The molecule has 4 heteroatoms. The number of pyridine rings is 1. The summed E-state index contributed by atoms with van der Waals surface area (Å²) < 4.78 is 0. The Morgan fingerprint density at radius 2 is 2.00 bits per heavy atom. The van der Waals surface area contributed by atoms with Crippen LogP contribution in [0.5, 0.6) is 0 Å². The molecule has 0 aromatic carbocycles. The highest BCUT2D eigenvalue weighted by Crippen LogP contribution is 2.15. The van der Waals surface area contributed by atoms with Crippen LogP contribution in [0.1, 0.15) is 12.5 Å². The van der Waals surface area contributed by atoms with Crippen molar-refractivity contribution in [1.29, 1.82) is 0 Å². The molecule has 0 radical (unpaired) electrons. The fourth-order valence-corrected chi connectivity index (χ4v) is 1.05. The SMILES string of the molecule is C=N/C=C(\N=C(/C)N(C)C)c1ccncc1. The molecule has 0 unspecified atom stereocenters. The minimum Gasteiger partial charge on any atom is -0.366 e. The Bertz CT molecular complexity index is 404. The number of hydrogen-bond donors (Lipinski definition) is 0. The Balaban J connectivity index is 3.08. The molecule has 1 aromatic heterocycles. The topological polar surface area (TPSA) is 40.9 Å². The number of hydrogen-bond acceptors (Lipinski definition) is 3. The van der Waals surface area contributed by atoms with E-state index in [1.165, 1.54) is 0 Å². The predicted octanol–water partition coefficient (Wildman–Crippen LogP) is 2.06. The first-order valence-corrected chi connectivity index (χ1v) is 4.94. The molecule has 84 valence electrons. The van der Waals surface area contributed by atoms with E-state index < -0.39 is 0 Å². The zero-order chi connectivity index (χ0) is 12.0. The van der Waals surface area contributed by atoms with E-state index in [-0.39, 0.29) is 0 Å². The highest BCUT2D eigenvalue weighted by molar-refractivity contribution is 5.85. The number of amidine groups is 1. The fourth-order valence-electron chi connectivity index (χ4n) is 1.05. The number of nitrogens with zero attached hydrogens (tertiary/aromatic N) is 4. The monoisotopic (exact) mass is 216 g/mol. The van der Waals surface area contributed by atoms with Crippen molar-refractivity contribution in [2.45, 2.75) is 6.92 Å². The van der Waals surface area contributed by atoms with Crippen molar-refractivity contribution in [2.24, 2.45) is 9.98 Å². The largest absolute Gasteiger partial charge is 0.366 e. The fraction of sp³-hybridized carbons (Fsp3) is 0.250. The molecule has 0 aliphatic heterocycles. The summed E-state index contributed by atoms with van der Waals surface area (Å²) in [4.78, 5) is 14.2. The average molecular weight is 216 g/mol. The Hall–Kier alpha value is -1.97. The third-order valence-electron chi connectivity index (χ3n) is 2.12. The molecule has 16 heavy (non-hydrogen) atoms. The molecule has 0 aliphatic rings. The van der Waals surface area contributed by atoms with Crippen LogP contribution in [0.4, 0.5) is 0 Å². The first-order valence-electron chi connectivity index (χ1n) is 4.94. The first-order chi connectivity index (χ1) is 7.65. The van der Waals surface area contributed by atoms with Gasteiger partial charge in [0.1, 0.15) is 5.84 Å². The van der Waals surface area contributed by atoms with E-state index in [2.05, 4.69) is 21.7 Å². The van der Waals surface area contributed by atoms with E-state index in [4.69, 9.17) is 0 Å². The van der Waals surface area contributed by atoms with Crippen LogP contribution in [0.25, 0.3) is 5.70 Å². The van der Waals surface area contributed by atoms with Crippen molar-refractivity contribution in [3.63, 3.8) is 0 Å². The molecule has 1 heterocycles. The third-order valence-corrected chi connectivity index (χ3v) is 2.12.